The fourth-order valence-corrected chi connectivity index (χ4v) is 2.76. The van der Waals surface area contributed by atoms with Gasteiger partial charge in [0.25, 0.3) is 0 Å². The Morgan fingerprint density at radius 1 is 1.20 bits per heavy atom. The molecule has 0 unspecified atom stereocenters. The largest absolute Gasteiger partial charge is 0.333 e. The highest BCUT2D eigenvalue weighted by Gasteiger charge is 2.17. The van der Waals surface area contributed by atoms with Gasteiger partial charge in [0.1, 0.15) is 11.6 Å². The maximum Gasteiger partial charge on any atom is 0.146 e. The van der Waals surface area contributed by atoms with Crippen molar-refractivity contribution in [1.29, 1.82) is 0 Å². The summed E-state index contributed by atoms with van der Waals surface area (Å²) in [6, 6.07) is 2.06. The van der Waals surface area contributed by atoms with Crippen molar-refractivity contribution >= 4 is 16.7 Å². The molecule has 2 aromatic heterocycles. The summed E-state index contributed by atoms with van der Waals surface area (Å²) in [5, 5.41) is 1.11. The molecule has 0 atom stereocenters. The second-order valence-corrected chi connectivity index (χ2v) is 5.27. The van der Waals surface area contributed by atoms with E-state index >= 15 is 0 Å². The highest BCUT2D eigenvalue weighted by Crippen LogP contribution is 2.29. The fraction of sp³-hybridized carbons (Fsp3) is 0.438. The molecule has 0 aliphatic carbocycles. The second kappa shape index (κ2) is 5.19. The van der Waals surface area contributed by atoms with Gasteiger partial charge in [-0.3, -0.25) is 4.98 Å². The third-order valence-electron chi connectivity index (χ3n) is 3.64. The quantitative estimate of drug-likeness (QED) is 0.838. The van der Waals surface area contributed by atoms with E-state index in [-0.39, 0.29) is 0 Å². The predicted molar refractivity (Wildman–Crippen MR) is 81.9 cm³/mol. The van der Waals surface area contributed by atoms with Gasteiger partial charge in [-0.1, -0.05) is 13.0 Å². The number of nitrogens with zero attached hydrogens (tertiary/aromatic N) is 4. The Hall–Kier alpha value is -1.97. The number of hydrogen-bond acceptors (Lipinski definition) is 4. The van der Waals surface area contributed by atoms with Crippen molar-refractivity contribution in [3.05, 3.63) is 35.6 Å². The fourth-order valence-electron chi connectivity index (χ4n) is 2.76. The zero-order valence-electron chi connectivity index (χ0n) is 12.3. The highest BCUT2D eigenvalue weighted by atomic mass is 15.2. The molecular formula is C16H20N4. The molecule has 0 saturated carbocycles. The lowest BCUT2D eigenvalue weighted by molar-refractivity contribution is 0.776. The van der Waals surface area contributed by atoms with Crippen LogP contribution in [0.4, 0.5) is 5.82 Å². The van der Waals surface area contributed by atoms with Crippen molar-refractivity contribution in [3.63, 3.8) is 0 Å². The molecule has 20 heavy (non-hydrogen) atoms. The second-order valence-electron chi connectivity index (χ2n) is 5.27. The van der Waals surface area contributed by atoms with Gasteiger partial charge in [0.2, 0.25) is 0 Å². The van der Waals surface area contributed by atoms with Crippen molar-refractivity contribution in [1.82, 2.24) is 15.0 Å². The van der Waals surface area contributed by atoms with Gasteiger partial charge in [0, 0.05) is 18.4 Å². The molecule has 3 heterocycles. The van der Waals surface area contributed by atoms with Crippen molar-refractivity contribution in [2.75, 3.05) is 11.4 Å². The number of hydrogen-bond donors (Lipinski definition) is 0. The predicted octanol–water partition coefficient (Wildman–Crippen LogP) is 3.32. The minimum atomic E-state index is 0.819. The van der Waals surface area contributed by atoms with Crippen LogP contribution in [0, 0.1) is 13.8 Å². The molecule has 0 saturated heterocycles. The third-order valence-corrected chi connectivity index (χ3v) is 3.64. The summed E-state index contributed by atoms with van der Waals surface area (Å²) in [5.41, 5.74) is 3.12. The van der Waals surface area contributed by atoms with Crippen LogP contribution in [0.25, 0.3) is 10.9 Å². The molecule has 1 aliphatic rings. The van der Waals surface area contributed by atoms with E-state index in [9.17, 15) is 0 Å². The van der Waals surface area contributed by atoms with Crippen molar-refractivity contribution in [2.45, 2.75) is 40.0 Å². The van der Waals surface area contributed by atoms with Gasteiger partial charge < -0.3 is 4.90 Å². The third kappa shape index (κ3) is 2.26. The first kappa shape index (κ1) is 13.0. The van der Waals surface area contributed by atoms with Crippen LogP contribution in [-0.2, 0) is 6.42 Å². The average Bonchev–Trinajstić information content (AvgIpc) is 2.46. The van der Waals surface area contributed by atoms with Gasteiger partial charge in [-0.05, 0) is 39.2 Å². The molecule has 0 spiro atoms. The zero-order valence-corrected chi connectivity index (χ0v) is 12.3. The van der Waals surface area contributed by atoms with Crippen LogP contribution in [0.2, 0.25) is 0 Å². The van der Waals surface area contributed by atoms with E-state index in [1.54, 1.807) is 0 Å². The molecule has 0 bridgehead atoms. The van der Waals surface area contributed by atoms with E-state index in [1.165, 1.54) is 6.42 Å². The summed E-state index contributed by atoms with van der Waals surface area (Å²) >= 11 is 0. The van der Waals surface area contributed by atoms with E-state index in [4.69, 9.17) is 0 Å². The van der Waals surface area contributed by atoms with Crippen LogP contribution in [0.5, 0.6) is 0 Å². The Kier molecular flexibility index (Phi) is 3.38. The monoisotopic (exact) mass is 268 g/mol. The number of aromatic nitrogens is 3. The molecule has 0 radical (unpaired) electrons. The number of aryl methyl sites for hydroxylation is 3. The number of pyridine rings is 1. The maximum absolute atomic E-state index is 4.69. The lowest BCUT2D eigenvalue weighted by atomic mass is 10.1. The van der Waals surface area contributed by atoms with E-state index in [0.29, 0.717) is 0 Å². The Bertz CT molecular complexity index is 670. The van der Waals surface area contributed by atoms with E-state index < -0.39 is 0 Å². The van der Waals surface area contributed by atoms with Gasteiger partial charge in [-0.25, -0.2) is 9.97 Å². The van der Waals surface area contributed by atoms with Crippen LogP contribution in [-0.4, -0.2) is 21.5 Å². The summed E-state index contributed by atoms with van der Waals surface area (Å²) < 4.78 is 0. The normalized spacial score (nSPS) is 15.1. The van der Waals surface area contributed by atoms with Crippen molar-refractivity contribution in [3.8, 4) is 0 Å². The summed E-state index contributed by atoms with van der Waals surface area (Å²) in [7, 11) is 0. The molecule has 104 valence electrons. The first-order chi connectivity index (χ1) is 9.69. The Morgan fingerprint density at radius 2 is 2.05 bits per heavy atom. The summed E-state index contributed by atoms with van der Waals surface area (Å²) in [5.74, 6) is 1.83. The van der Waals surface area contributed by atoms with Crippen molar-refractivity contribution < 1.29 is 0 Å². The molecule has 0 amide bonds. The summed E-state index contributed by atoms with van der Waals surface area (Å²) in [6.07, 6.45) is 7.57. The first-order valence-corrected chi connectivity index (χ1v) is 7.27. The zero-order chi connectivity index (χ0) is 14.1. The molecule has 0 N–H and O–H groups in total. The van der Waals surface area contributed by atoms with Crippen LogP contribution < -0.4 is 4.90 Å². The first-order valence-electron chi connectivity index (χ1n) is 7.27. The average molecular weight is 268 g/mol. The minimum Gasteiger partial charge on any atom is -0.333 e. The lowest BCUT2D eigenvalue weighted by Crippen LogP contribution is -2.22. The Morgan fingerprint density at radius 3 is 2.75 bits per heavy atom. The molecule has 4 nitrogen and oxygen atoms in total. The van der Waals surface area contributed by atoms with Gasteiger partial charge in [0.05, 0.1) is 16.6 Å². The van der Waals surface area contributed by atoms with E-state index in [1.807, 2.05) is 13.8 Å². The van der Waals surface area contributed by atoms with Gasteiger partial charge in [-0.15, -0.1) is 0 Å². The van der Waals surface area contributed by atoms with Crippen LogP contribution >= 0.6 is 0 Å². The SMILES string of the molecule is CCc1nc(C)cc2nc(C)nc(N3C=CCCC3)c12. The maximum atomic E-state index is 4.69. The van der Waals surface area contributed by atoms with E-state index in [2.05, 4.69) is 45.1 Å². The van der Waals surface area contributed by atoms with Crippen LogP contribution in [0.15, 0.2) is 18.3 Å². The number of rotatable bonds is 2. The molecule has 2 aromatic rings. The topological polar surface area (TPSA) is 41.9 Å². The lowest BCUT2D eigenvalue weighted by Gasteiger charge is -2.24. The Labute approximate surface area is 119 Å². The molecular weight excluding hydrogens is 248 g/mol. The highest BCUT2D eigenvalue weighted by molar-refractivity contribution is 5.92. The molecule has 3 rings (SSSR count). The number of anilines is 1. The molecule has 0 aromatic carbocycles. The smallest absolute Gasteiger partial charge is 0.146 e. The van der Waals surface area contributed by atoms with Gasteiger partial charge >= 0.3 is 0 Å². The van der Waals surface area contributed by atoms with Crippen LogP contribution in [0.3, 0.4) is 0 Å². The Balaban J connectivity index is 2.29. The van der Waals surface area contributed by atoms with Crippen molar-refractivity contribution in [2.24, 2.45) is 0 Å². The standard InChI is InChI=1S/C16H20N4/c1-4-13-15-14(10-11(2)17-13)18-12(3)19-16(15)20-8-6-5-7-9-20/h6,8,10H,4-5,7,9H2,1-3H3. The molecule has 1 aliphatic heterocycles. The number of allylic oxidation sites excluding steroid dienone is 1. The summed E-state index contributed by atoms with van der Waals surface area (Å²) in [6.45, 7) is 7.13. The van der Waals surface area contributed by atoms with Crippen LogP contribution in [0.1, 0.15) is 37.0 Å². The number of fused-ring (bicyclic) bond motifs is 1. The molecule has 0 fully saturated rings. The minimum absolute atomic E-state index is 0.819. The molecule has 4 heteroatoms. The van der Waals surface area contributed by atoms with Gasteiger partial charge in [-0.2, -0.15) is 0 Å². The van der Waals surface area contributed by atoms with Gasteiger partial charge in [0.15, 0.2) is 0 Å². The summed E-state index contributed by atoms with van der Waals surface area (Å²) in [4.78, 5) is 16.2. The van der Waals surface area contributed by atoms with E-state index in [0.717, 1.165) is 53.3 Å².